The van der Waals surface area contributed by atoms with E-state index in [4.69, 9.17) is 0 Å². The number of benzene rings is 3. The molecular weight excluding hydrogens is 399 g/mol. The van der Waals surface area contributed by atoms with E-state index in [9.17, 15) is 12.8 Å². The van der Waals surface area contributed by atoms with Gasteiger partial charge in [0.15, 0.2) is 0 Å². The highest BCUT2D eigenvalue weighted by atomic mass is 32.2. The molecule has 0 spiro atoms. The lowest BCUT2D eigenvalue weighted by atomic mass is 9.91. The third-order valence-electron chi connectivity index (χ3n) is 6.07. The minimum atomic E-state index is -3.84. The van der Waals surface area contributed by atoms with Gasteiger partial charge >= 0.3 is 0 Å². The number of hydrogen-bond donors (Lipinski definition) is 1. The van der Waals surface area contributed by atoms with Gasteiger partial charge in [0.25, 0.3) is 10.0 Å². The van der Waals surface area contributed by atoms with E-state index in [0.29, 0.717) is 22.2 Å². The van der Waals surface area contributed by atoms with Crippen LogP contribution in [0.2, 0.25) is 0 Å². The van der Waals surface area contributed by atoms with Crippen molar-refractivity contribution in [2.75, 3.05) is 13.1 Å². The molecule has 2 heterocycles. The molecule has 0 unspecified atom stereocenters. The second kappa shape index (κ2) is 7.52. The molecular formula is C24H23FN2O2S. The molecule has 1 N–H and O–H groups in total. The largest absolute Gasteiger partial charge is 0.317 e. The first-order chi connectivity index (χ1) is 14.5. The summed E-state index contributed by atoms with van der Waals surface area (Å²) in [5.74, 6) is 0.114. The monoisotopic (exact) mass is 422 g/mol. The highest BCUT2D eigenvalue weighted by Crippen LogP contribution is 2.32. The SMILES string of the molecule is O=S(=O)(c1cccc2ccccc12)n1cc(CC2CCNCC2)c2cc(F)ccc21. The summed E-state index contributed by atoms with van der Waals surface area (Å²) in [5, 5.41) is 5.59. The fourth-order valence-corrected chi connectivity index (χ4v) is 6.13. The quantitative estimate of drug-likeness (QED) is 0.518. The second-order valence-electron chi connectivity index (χ2n) is 7.99. The Hall–Kier alpha value is -2.70. The van der Waals surface area contributed by atoms with Crippen molar-refractivity contribution in [3.8, 4) is 0 Å². The fourth-order valence-electron chi connectivity index (χ4n) is 4.52. The van der Waals surface area contributed by atoms with Gasteiger partial charge < -0.3 is 5.32 Å². The molecule has 0 aliphatic carbocycles. The van der Waals surface area contributed by atoms with E-state index < -0.39 is 10.0 Å². The van der Waals surface area contributed by atoms with Crippen LogP contribution in [0, 0.1) is 11.7 Å². The summed E-state index contributed by atoms with van der Waals surface area (Å²) < 4.78 is 42.8. The second-order valence-corrected chi connectivity index (χ2v) is 9.77. The van der Waals surface area contributed by atoms with Crippen LogP contribution in [0.3, 0.4) is 0 Å². The third-order valence-corrected chi connectivity index (χ3v) is 7.80. The van der Waals surface area contributed by atoms with Crippen LogP contribution >= 0.6 is 0 Å². The summed E-state index contributed by atoms with van der Waals surface area (Å²) in [6.45, 7) is 1.93. The van der Waals surface area contributed by atoms with Crippen molar-refractivity contribution < 1.29 is 12.8 Å². The van der Waals surface area contributed by atoms with E-state index in [2.05, 4.69) is 5.32 Å². The van der Waals surface area contributed by atoms with E-state index in [1.807, 2.05) is 30.3 Å². The van der Waals surface area contributed by atoms with Crippen molar-refractivity contribution in [3.63, 3.8) is 0 Å². The Balaban J connectivity index is 1.68. The summed E-state index contributed by atoms with van der Waals surface area (Å²) in [5.41, 5.74) is 1.41. The topological polar surface area (TPSA) is 51.1 Å². The van der Waals surface area contributed by atoms with Crippen LogP contribution in [0.5, 0.6) is 0 Å². The molecule has 30 heavy (non-hydrogen) atoms. The molecule has 1 aromatic heterocycles. The molecule has 3 aromatic carbocycles. The van der Waals surface area contributed by atoms with Gasteiger partial charge in [0.1, 0.15) is 5.82 Å². The first-order valence-electron chi connectivity index (χ1n) is 10.3. The molecule has 0 saturated carbocycles. The maximum Gasteiger partial charge on any atom is 0.268 e. The van der Waals surface area contributed by atoms with Crippen molar-refractivity contribution in [3.05, 3.63) is 78.2 Å². The molecule has 5 rings (SSSR count). The lowest BCUT2D eigenvalue weighted by Gasteiger charge is -2.22. The van der Waals surface area contributed by atoms with Crippen LogP contribution in [0.4, 0.5) is 4.39 Å². The van der Waals surface area contributed by atoms with E-state index in [0.717, 1.165) is 43.3 Å². The molecule has 6 heteroatoms. The van der Waals surface area contributed by atoms with Crippen molar-refractivity contribution in [1.29, 1.82) is 0 Å². The van der Waals surface area contributed by atoms with Gasteiger partial charge in [-0.1, -0.05) is 36.4 Å². The zero-order chi connectivity index (χ0) is 20.7. The number of hydrogen-bond acceptors (Lipinski definition) is 3. The average Bonchev–Trinajstić information content (AvgIpc) is 3.12. The maximum absolute atomic E-state index is 14.1. The molecule has 0 radical (unpaired) electrons. The van der Waals surface area contributed by atoms with Crippen molar-refractivity contribution >= 4 is 31.7 Å². The Labute approximate surface area is 175 Å². The van der Waals surface area contributed by atoms with Gasteiger partial charge in [-0.15, -0.1) is 0 Å². The van der Waals surface area contributed by atoms with Gasteiger partial charge in [0.05, 0.1) is 10.4 Å². The molecule has 0 atom stereocenters. The molecule has 0 bridgehead atoms. The highest BCUT2D eigenvalue weighted by Gasteiger charge is 2.25. The van der Waals surface area contributed by atoms with Gasteiger partial charge in [0, 0.05) is 17.0 Å². The van der Waals surface area contributed by atoms with Gasteiger partial charge in [-0.3, -0.25) is 0 Å². The van der Waals surface area contributed by atoms with Crippen LogP contribution < -0.4 is 5.32 Å². The van der Waals surface area contributed by atoms with Crippen molar-refractivity contribution in [2.45, 2.75) is 24.2 Å². The lowest BCUT2D eigenvalue weighted by Crippen LogP contribution is -2.28. The average molecular weight is 423 g/mol. The van der Waals surface area contributed by atoms with Gasteiger partial charge in [0.2, 0.25) is 0 Å². The number of rotatable bonds is 4. The van der Waals surface area contributed by atoms with Gasteiger partial charge in [-0.05, 0) is 73.5 Å². The Kier molecular flexibility index (Phi) is 4.83. The first kappa shape index (κ1) is 19.3. The predicted molar refractivity (Wildman–Crippen MR) is 118 cm³/mol. The zero-order valence-electron chi connectivity index (χ0n) is 16.5. The standard InChI is InChI=1S/C24H23FN2O2S/c25-20-8-9-23-22(15-20)19(14-17-10-12-26-13-11-17)16-27(23)30(28,29)24-7-3-5-18-4-1-2-6-21(18)24/h1-9,15-17,26H,10-14H2. The summed E-state index contributed by atoms with van der Waals surface area (Å²) in [4.78, 5) is 0.259. The summed E-state index contributed by atoms with van der Waals surface area (Å²) in [7, 11) is -3.84. The first-order valence-corrected chi connectivity index (χ1v) is 11.7. The maximum atomic E-state index is 14.1. The minimum absolute atomic E-state index is 0.259. The number of halogens is 1. The van der Waals surface area contributed by atoms with Crippen LogP contribution in [0.15, 0.2) is 71.8 Å². The minimum Gasteiger partial charge on any atom is -0.317 e. The smallest absolute Gasteiger partial charge is 0.268 e. The lowest BCUT2D eigenvalue weighted by molar-refractivity contribution is 0.373. The number of fused-ring (bicyclic) bond motifs is 2. The van der Waals surface area contributed by atoms with Crippen LogP contribution in [0.25, 0.3) is 21.7 Å². The molecule has 4 aromatic rings. The Morgan fingerprint density at radius 3 is 2.57 bits per heavy atom. The van der Waals surface area contributed by atoms with E-state index in [1.54, 1.807) is 24.4 Å². The highest BCUT2D eigenvalue weighted by molar-refractivity contribution is 7.90. The fraction of sp³-hybridized carbons (Fsp3) is 0.250. The normalized spacial score (nSPS) is 15.8. The molecule has 154 valence electrons. The molecule has 1 aliphatic heterocycles. The number of aromatic nitrogens is 1. The van der Waals surface area contributed by atoms with Gasteiger partial charge in [-0.2, -0.15) is 0 Å². The summed E-state index contributed by atoms with van der Waals surface area (Å²) in [6.07, 6.45) is 4.53. The Morgan fingerprint density at radius 1 is 0.967 bits per heavy atom. The molecule has 4 nitrogen and oxygen atoms in total. The van der Waals surface area contributed by atoms with Crippen LogP contribution in [0.1, 0.15) is 18.4 Å². The summed E-state index contributed by atoms with van der Waals surface area (Å²) >= 11 is 0. The number of piperidine rings is 1. The molecule has 1 fully saturated rings. The Morgan fingerprint density at radius 2 is 1.73 bits per heavy atom. The molecule has 1 saturated heterocycles. The number of nitrogens with zero attached hydrogens (tertiary/aromatic N) is 1. The van der Waals surface area contributed by atoms with E-state index >= 15 is 0 Å². The van der Waals surface area contributed by atoms with E-state index in [1.165, 1.54) is 16.1 Å². The van der Waals surface area contributed by atoms with Crippen LogP contribution in [-0.2, 0) is 16.4 Å². The molecule has 0 amide bonds. The Bertz CT molecular complexity index is 1330. The van der Waals surface area contributed by atoms with E-state index in [-0.39, 0.29) is 10.7 Å². The zero-order valence-corrected chi connectivity index (χ0v) is 17.3. The predicted octanol–water partition coefficient (Wildman–Crippen LogP) is 4.71. The van der Waals surface area contributed by atoms with Crippen molar-refractivity contribution in [1.82, 2.24) is 9.29 Å². The van der Waals surface area contributed by atoms with Gasteiger partial charge in [-0.25, -0.2) is 16.8 Å². The summed E-state index contributed by atoms with van der Waals surface area (Å²) in [6, 6.07) is 17.1. The molecule has 1 aliphatic rings. The van der Waals surface area contributed by atoms with Crippen LogP contribution in [-0.4, -0.2) is 25.5 Å². The van der Waals surface area contributed by atoms with Crippen molar-refractivity contribution in [2.24, 2.45) is 5.92 Å². The number of nitrogens with one attached hydrogen (secondary N) is 1. The third kappa shape index (κ3) is 3.30.